The van der Waals surface area contributed by atoms with Gasteiger partial charge in [0, 0.05) is 31.6 Å². The Morgan fingerprint density at radius 3 is 2.94 bits per heavy atom. The molecule has 0 aliphatic carbocycles. The van der Waals surface area contributed by atoms with Crippen LogP contribution in [0.4, 0.5) is 0 Å². The van der Waals surface area contributed by atoms with Crippen molar-refractivity contribution in [3.05, 3.63) is 30.2 Å². The van der Waals surface area contributed by atoms with E-state index in [1.165, 1.54) is 0 Å². The van der Waals surface area contributed by atoms with E-state index in [-0.39, 0.29) is 5.38 Å². The van der Waals surface area contributed by atoms with Crippen LogP contribution < -0.4 is 0 Å². The van der Waals surface area contributed by atoms with Crippen LogP contribution in [-0.2, 0) is 11.2 Å². The lowest BCUT2D eigenvalue weighted by atomic mass is 10.2. The number of pyridine rings is 1. The average Bonchev–Trinajstić information content (AvgIpc) is 2.29. The van der Waals surface area contributed by atoms with Crippen molar-refractivity contribution < 1.29 is 4.74 Å². The van der Waals surface area contributed by atoms with E-state index in [4.69, 9.17) is 16.3 Å². The third-order valence-electron chi connectivity index (χ3n) is 2.17. The maximum absolute atomic E-state index is 6.07. The van der Waals surface area contributed by atoms with Crippen LogP contribution >= 0.6 is 11.6 Å². The third kappa shape index (κ3) is 2.65. The summed E-state index contributed by atoms with van der Waals surface area (Å²) < 4.78 is 4.98. The van der Waals surface area contributed by atoms with E-state index in [2.05, 4.69) is 15.0 Å². The summed E-state index contributed by atoms with van der Waals surface area (Å²) in [5.41, 5.74) is 2.36. The summed E-state index contributed by atoms with van der Waals surface area (Å²) >= 11 is 6.07. The molecule has 0 radical (unpaired) electrons. The van der Waals surface area contributed by atoms with Crippen molar-refractivity contribution in [2.45, 2.75) is 11.8 Å². The first-order valence-electron chi connectivity index (χ1n) is 4.99. The van der Waals surface area contributed by atoms with E-state index in [0.29, 0.717) is 18.7 Å². The average molecular weight is 238 g/mol. The van der Waals surface area contributed by atoms with Gasteiger partial charge in [-0.2, -0.15) is 0 Å². The molecule has 1 atom stereocenters. The molecule has 16 heavy (non-hydrogen) atoms. The van der Waals surface area contributed by atoms with Gasteiger partial charge < -0.3 is 4.74 Å². The highest BCUT2D eigenvalue weighted by Gasteiger charge is 2.07. The van der Waals surface area contributed by atoms with Gasteiger partial charge in [0.25, 0.3) is 0 Å². The second-order valence-electron chi connectivity index (χ2n) is 3.46. The summed E-state index contributed by atoms with van der Waals surface area (Å²) in [6.45, 7) is 0.516. The molecule has 0 spiro atoms. The zero-order chi connectivity index (χ0) is 11.4. The Labute approximate surface area is 98.6 Å². The largest absolute Gasteiger partial charge is 0.383 e. The molecule has 2 aromatic rings. The number of halogens is 1. The molecule has 0 amide bonds. The van der Waals surface area contributed by atoms with Crippen molar-refractivity contribution in [3.63, 3.8) is 0 Å². The molecule has 0 aliphatic rings. The molecule has 2 aromatic heterocycles. The smallest absolute Gasteiger partial charge is 0.178 e. The SMILES string of the molecule is COCC(Cl)Cc1ccc2nccnc2n1. The minimum absolute atomic E-state index is 0.0633. The van der Waals surface area contributed by atoms with Gasteiger partial charge in [-0.3, -0.25) is 4.98 Å². The van der Waals surface area contributed by atoms with E-state index in [0.717, 1.165) is 11.2 Å². The van der Waals surface area contributed by atoms with Gasteiger partial charge in [0.2, 0.25) is 0 Å². The molecule has 0 N–H and O–H groups in total. The summed E-state index contributed by atoms with van der Waals surface area (Å²) in [4.78, 5) is 12.7. The monoisotopic (exact) mass is 237 g/mol. The number of rotatable bonds is 4. The zero-order valence-corrected chi connectivity index (χ0v) is 9.68. The van der Waals surface area contributed by atoms with Gasteiger partial charge in [0.15, 0.2) is 5.65 Å². The molecule has 0 bridgehead atoms. The second-order valence-corrected chi connectivity index (χ2v) is 4.08. The van der Waals surface area contributed by atoms with E-state index in [1.54, 1.807) is 19.5 Å². The zero-order valence-electron chi connectivity index (χ0n) is 8.93. The van der Waals surface area contributed by atoms with Crippen molar-refractivity contribution >= 4 is 22.8 Å². The fraction of sp³-hybridized carbons (Fsp3) is 0.364. The van der Waals surface area contributed by atoms with Crippen LogP contribution in [-0.4, -0.2) is 34.0 Å². The van der Waals surface area contributed by atoms with Gasteiger partial charge in [-0.25, -0.2) is 9.97 Å². The first-order chi connectivity index (χ1) is 7.79. The molecule has 0 aliphatic heterocycles. The Balaban J connectivity index is 2.19. The molecular weight excluding hydrogens is 226 g/mol. The Morgan fingerprint density at radius 2 is 2.12 bits per heavy atom. The number of aromatic nitrogens is 3. The highest BCUT2D eigenvalue weighted by molar-refractivity contribution is 6.20. The maximum Gasteiger partial charge on any atom is 0.178 e. The van der Waals surface area contributed by atoms with E-state index < -0.39 is 0 Å². The Morgan fingerprint density at radius 1 is 1.31 bits per heavy atom. The number of hydrogen-bond donors (Lipinski definition) is 0. The summed E-state index contributed by atoms with van der Waals surface area (Å²) in [6, 6.07) is 3.82. The van der Waals surface area contributed by atoms with Crippen LogP contribution in [0.1, 0.15) is 5.69 Å². The normalized spacial score (nSPS) is 12.9. The van der Waals surface area contributed by atoms with Crippen molar-refractivity contribution in [1.29, 1.82) is 0 Å². The maximum atomic E-state index is 6.07. The standard InChI is InChI=1S/C11H12ClN3O/c1-16-7-8(12)6-9-2-3-10-11(15-9)14-5-4-13-10/h2-5,8H,6-7H2,1H3. The van der Waals surface area contributed by atoms with Gasteiger partial charge in [-0.15, -0.1) is 11.6 Å². The van der Waals surface area contributed by atoms with Crippen molar-refractivity contribution in [2.75, 3.05) is 13.7 Å². The number of nitrogens with zero attached hydrogens (tertiary/aromatic N) is 3. The van der Waals surface area contributed by atoms with Crippen LogP contribution in [0.3, 0.4) is 0 Å². The summed E-state index contributed by atoms with van der Waals surface area (Å²) in [5.74, 6) is 0. The Kier molecular flexibility index (Phi) is 3.64. The lowest BCUT2D eigenvalue weighted by Gasteiger charge is -2.07. The van der Waals surface area contributed by atoms with Crippen LogP contribution in [0.5, 0.6) is 0 Å². The first kappa shape index (κ1) is 11.2. The Hall–Kier alpha value is -1.26. The van der Waals surface area contributed by atoms with Gasteiger partial charge in [-0.05, 0) is 12.1 Å². The predicted octanol–water partition coefficient (Wildman–Crippen LogP) is 1.82. The van der Waals surface area contributed by atoms with Crippen molar-refractivity contribution in [2.24, 2.45) is 0 Å². The molecule has 5 heteroatoms. The summed E-state index contributed by atoms with van der Waals surface area (Å²) in [5, 5.41) is -0.0633. The minimum atomic E-state index is -0.0633. The van der Waals surface area contributed by atoms with Gasteiger partial charge >= 0.3 is 0 Å². The number of alkyl halides is 1. The number of fused-ring (bicyclic) bond motifs is 1. The molecule has 84 valence electrons. The molecule has 0 aromatic carbocycles. The minimum Gasteiger partial charge on any atom is -0.383 e. The van der Waals surface area contributed by atoms with E-state index in [9.17, 15) is 0 Å². The molecule has 0 saturated heterocycles. The highest BCUT2D eigenvalue weighted by Crippen LogP contribution is 2.10. The third-order valence-corrected chi connectivity index (χ3v) is 2.45. The van der Waals surface area contributed by atoms with Crippen LogP contribution in [0.25, 0.3) is 11.2 Å². The van der Waals surface area contributed by atoms with E-state index in [1.807, 2.05) is 12.1 Å². The number of methoxy groups -OCH3 is 1. The number of hydrogen-bond acceptors (Lipinski definition) is 4. The molecule has 1 unspecified atom stereocenters. The van der Waals surface area contributed by atoms with Crippen LogP contribution in [0, 0.1) is 0 Å². The summed E-state index contributed by atoms with van der Waals surface area (Å²) in [6.07, 6.45) is 3.95. The first-order valence-corrected chi connectivity index (χ1v) is 5.43. The lowest BCUT2D eigenvalue weighted by Crippen LogP contribution is -2.11. The van der Waals surface area contributed by atoms with Crippen LogP contribution in [0.2, 0.25) is 0 Å². The van der Waals surface area contributed by atoms with Crippen molar-refractivity contribution in [1.82, 2.24) is 15.0 Å². The molecule has 2 heterocycles. The second kappa shape index (κ2) is 5.18. The lowest BCUT2D eigenvalue weighted by molar-refractivity contribution is 0.197. The molecular formula is C11H12ClN3O. The molecule has 2 rings (SSSR count). The number of ether oxygens (including phenoxy) is 1. The highest BCUT2D eigenvalue weighted by atomic mass is 35.5. The Bertz CT molecular complexity index is 477. The molecule has 0 fully saturated rings. The van der Waals surface area contributed by atoms with Crippen molar-refractivity contribution in [3.8, 4) is 0 Å². The quantitative estimate of drug-likeness (QED) is 0.761. The van der Waals surface area contributed by atoms with Gasteiger partial charge in [0.05, 0.1) is 12.0 Å². The van der Waals surface area contributed by atoms with Gasteiger partial charge in [0.1, 0.15) is 5.52 Å². The molecule has 4 nitrogen and oxygen atoms in total. The topological polar surface area (TPSA) is 47.9 Å². The summed E-state index contributed by atoms with van der Waals surface area (Å²) in [7, 11) is 1.63. The fourth-order valence-electron chi connectivity index (χ4n) is 1.47. The predicted molar refractivity (Wildman–Crippen MR) is 62.6 cm³/mol. The van der Waals surface area contributed by atoms with Gasteiger partial charge in [-0.1, -0.05) is 0 Å². The fourth-order valence-corrected chi connectivity index (χ4v) is 1.76. The molecule has 0 saturated carbocycles. The van der Waals surface area contributed by atoms with Crippen LogP contribution in [0.15, 0.2) is 24.5 Å². The van der Waals surface area contributed by atoms with E-state index >= 15 is 0 Å².